The summed E-state index contributed by atoms with van der Waals surface area (Å²) >= 11 is 0. The zero-order valence-electron chi connectivity index (χ0n) is 11.8. The molecule has 1 aromatic rings. The van der Waals surface area contributed by atoms with Crippen LogP contribution in [0.4, 0.5) is 0 Å². The van der Waals surface area contributed by atoms with E-state index in [0.717, 1.165) is 49.4 Å². The molecule has 2 N–H and O–H groups in total. The molecule has 1 fully saturated rings. The average molecular weight is 287 g/mol. The van der Waals surface area contributed by atoms with Crippen molar-refractivity contribution in [3.63, 3.8) is 0 Å². The number of aromatic nitrogens is 2. The second-order valence-electron chi connectivity index (χ2n) is 4.88. The van der Waals surface area contributed by atoms with Crippen molar-refractivity contribution in [3.05, 3.63) is 17.0 Å². The fraction of sp³-hybridized carbons (Fsp3) is 0.692. The predicted octanol–water partition coefficient (Wildman–Crippen LogP) is 1.42. The van der Waals surface area contributed by atoms with Gasteiger partial charge in [-0.3, -0.25) is 9.48 Å². The maximum atomic E-state index is 12.3. The Balaban J connectivity index is 0.00000180. The van der Waals surface area contributed by atoms with Gasteiger partial charge in [0.15, 0.2) is 0 Å². The highest BCUT2D eigenvalue weighted by molar-refractivity contribution is 5.96. The van der Waals surface area contributed by atoms with Gasteiger partial charge in [0.05, 0.1) is 11.3 Å². The van der Waals surface area contributed by atoms with Crippen LogP contribution in [0.1, 0.15) is 41.5 Å². The van der Waals surface area contributed by atoms with E-state index in [-0.39, 0.29) is 24.4 Å². The first-order valence-electron chi connectivity index (χ1n) is 6.69. The molecule has 0 unspecified atom stereocenters. The molecule has 0 radical (unpaired) electrons. The molecule has 1 saturated heterocycles. The molecule has 5 nitrogen and oxygen atoms in total. The van der Waals surface area contributed by atoms with Crippen molar-refractivity contribution in [2.24, 2.45) is 0 Å². The molecule has 1 aliphatic heterocycles. The molecule has 0 aromatic carbocycles. The molecule has 2 rings (SSSR count). The van der Waals surface area contributed by atoms with Crippen molar-refractivity contribution in [2.75, 3.05) is 13.1 Å². The topological polar surface area (TPSA) is 59.0 Å². The van der Waals surface area contributed by atoms with E-state index in [9.17, 15) is 4.79 Å². The van der Waals surface area contributed by atoms with Gasteiger partial charge in [-0.2, -0.15) is 5.10 Å². The number of nitrogens with zero attached hydrogens (tertiary/aromatic N) is 2. The van der Waals surface area contributed by atoms with Crippen LogP contribution in [-0.4, -0.2) is 34.8 Å². The monoisotopic (exact) mass is 286 g/mol. The van der Waals surface area contributed by atoms with Gasteiger partial charge in [-0.05, 0) is 40.2 Å². The van der Waals surface area contributed by atoms with Gasteiger partial charge in [-0.1, -0.05) is 0 Å². The van der Waals surface area contributed by atoms with Gasteiger partial charge in [-0.25, -0.2) is 0 Å². The predicted molar refractivity (Wildman–Crippen MR) is 78.0 cm³/mol. The van der Waals surface area contributed by atoms with Crippen LogP contribution in [0.25, 0.3) is 0 Å². The largest absolute Gasteiger partial charge is 0.348 e. The molecule has 108 valence electrons. The summed E-state index contributed by atoms with van der Waals surface area (Å²) in [7, 11) is 0. The fourth-order valence-corrected chi connectivity index (χ4v) is 2.57. The molecular weight excluding hydrogens is 264 g/mol. The first-order chi connectivity index (χ1) is 8.63. The van der Waals surface area contributed by atoms with E-state index in [1.54, 1.807) is 0 Å². The number of hydrogen-bond acceptors (Lipinski definition) is 3. The quantitative estimate of drug-likeness (QED) is 0.884. The number of carbonyl (C=O) groups excluding carboxylic acids is 1. The molecule has 1 atom stereocenters. The Labute approximate surface area is 120 Å². The number of aryl methyl sites for hydroxylation is 2. The lowest BCUT2D eigenvalue weighted by atomic mass is 10.1. The third-order valence-corrected chi connectivity index (χ3v) is 3.54. The minimum Gasteiger partial charge on any atom is -0.348 e. The van der Waals surface area contributed by atoms with E-state index in [0.29, 0.717) is 0 Å². The minimum absolute atomic E-state index is 0. The Morgan fingerprint density at radius 1 is 1.53 bits per heavy atom. The van der Waals surface area contributed by atoms with Crippen LogP contribution in [0.3, 0.4) is 0 Å². The number of nitrogens with one attached hydrogen (secondary N) is 2. The molecule has 0 bridgehead atoms. The summed E-state index contributed by atoms with van der Waals surface area (Å²) in [5, 5.41) is 10.8. The Kier molecular flexibility index (Phi) is 5.82. The fourth-order valence-electron chi connectivity index (χ4n) is 2.57. The smallest absolute Gasteiger partial charge is 0.255 e. The lowest BCUT2D eigenvalue weighted by Gasteiger charge is -2.23. The average Bonchev–Trinajstić information content (AvgIpc) is 2.65. The number of piperidine rings is 1. The van der Waals surface area contributed by atoms with E-state index in [1.807, 2.05) is 25.5 Å². The van der Waals surface area contributed by atoms with Crippen LogP contribution in [0.5, 0.6) is 0 Å². The van der Waals surface area contributed by atoms with Crippen LogP contribution in [0, 0.1) is 13.8 Å². The third kappa shape index (κ3) is 3.48. The van der Waals surface area contributed by atoms with E-state index in [1.165, 1.54) is 0 Å². The molecule has 2 heterocycles. The van der Waals surface area contributed by atoms with Gasteiger partial charge in [0.25, 0.3) is 5.91 Å². The SMILES string of the molecule is CCn1nc(C)c(C(=O)N[C@H]2CCCNC2)c1C.Cl. The zero-order valence-corrected chi connectivity index (χ0v) is 12.6. The molecule has 0 saturated carbocycles. The molecule has 0 spiro atoms. The summed E-state index contributed by atoms with van der Waals surface area (Å²) in [4.78, 5) is 12.3. The van der Waals surface area contributed by atoms with Gasteiger partial charge >= 0.3 is 0 Å². The number of halogens is 1. The molecule has 0 aliphatic carbocycles. The van der Waals surface area contributed by atoms with Crippen molar-refractivity contribution < 1.29 is 4.79 Å². The first-order valence-corrected chi connectivity index (χ1v) is 6.69. The molecular formula is C13H23ClN4O. The van der Waals surface area contributed by atoms with Gasteiger partial charge in [0.1, 0.15) is 0 Å². The Bertz CT molecular complexity index is 438. The van der Waals surface area contributed by atoms with Gasteiger partial charge < -0.3 is 10.6 Å². The number of hydrogen-bond donors (Lipinski definition) is 2. The highest BCUT2D eigenvalue weighted by Crippen LogP contribution is 2.13. The third-order valence-electron chi connectivity index (χ3n) is 3.54. The van der Waals surface area contributed by atoms with E-state index < -0.39 is 0 Å². The van der Waals surface area contributed by atoms with E-state index in [2.05, 4.69) is 15.7 Å². The Morgan fingerprint density at radius 2 is 2.26 bits per heavy atom. The summed E-state index contributed by atoms with van der Waals surface area (Å²) < 4.78 is 1.88. The summed E-state index contributed by atoms with van der Waals surface area (Å²) in [5.41, 5.74) is 2.51. The summed E-state index contributed by atoms with van der Waals surface area (Å²) in [5.74, 6) is 0.0124. The normalized spacial score (nSPS) is 18.8. The number of amides is 1. The van der Waals surface area contributed by atoms with E-state index >= 15 is 0 Å². The van der Waals surface area contributed by atoms with Crippen LogP contribution in [-0.2, 0) is 6.54 Å². The van der Waals surface area contributed by atoms with Crippen molar-refractivity contribution >= 4 is 18.3 Å². The standard InChI is InChI=1S/C13H22N4O.ClH/c1-4-17-10(3)12(9(2)16-17)13(18)15-11-6-5-7-14-8-11;/h11,14H,4-8H2,1-3H3,(H,15,18);1H/t11-;/m0./s1. The van der Waals surface area contributed by atoms with Crippen LogP contribution < -0.4 is 10.6 Å². The lowest BCUT2D eigenvalue weighted by molar-refractivity contribution is 0.0929. The molecule has 6 heteroatoms. The second kappa shape index (κ2) is 6.91. The highest BCUT2D eigenvalue weighted by Gasteiger charge is 2.21. The zero-order chi connectivity index (χ0) is 13.1. The maximum Gasteiger partial charge on any atom is 0.255 e. The maximum absolute atomic E-state index is 12.3. The van der Waals surface area contributed by atoms with Crippen molar-refractivity contribution in [3.8, 4) is 0 Å². The molecule has 1 aromatic heterocycles. The number of rotatable bonds is 3. The molecule has 1 aliphatic rings. The second-order valence-corrected chi connectivity index (χ2v) is 4.88. The molecule has 1 amide bonds. The Morgan fingerprint density at radius 3 is 2.79 bits per heavy atom. The van der Waals surface area contributed by atoms with Crippen LogP contribution >= 0.6 is 12.4 Å². The first kappa shape index (κ1) is 16.0. The van der Waals surface area contributed by atoms with Gasteiger partial charge in [0.2, 0.25) is 0 Å². The summed E-state index contributed by atoms with van der Waals surface area (Å²) in [6.45, 7) is 8.60. The van der Waals surface area contributed by atoms with Crippen LogP contribution in [0.15, 0.2) is 0 Å². The number of carbonyl (C=O) groups is 1. The summed E-state index contributed by atoms with van der Waals surface area (Å²) in [6, 6.07) is 0.245. The highest BCUT2D eigenvalue weighted by atomic mass is 35.5. The van der Waals surface area contributed by atoms with Crippen molar-refractivity contribution in [2.45, 2.75) is 46.2 Å². The van der Waals surface area contributed by atoms with Crippen molar-refractivity contribution in [1.82, 2.24) is 20.4 Å². The van der Waals surface area contributed by atoms with E-state index in [4.69, 9.17) is 0 Å². The van der Waals surface area contributed by atoms with Crippen molar-refractivity contribution in [1.29, 1.82) is 0 Å². The molecule has 19 heavy (non-hydrogen) atoms. The Hall–Kier alpha value is -1.07. The minimum atomic E-state index is 0. The van der Waals surface area contributed by atoms with Crippen LogP contribution in [0.2, 0.25) is 0 Å². The lowest BCUT2D eigenvalue weighted by Crippen LogP contribution is -2.45. The summed E-state index contributed by atoms with van der Waals surface area (Å²) in [6.07, 6.45) is 2.18. The van der Waals surface area contributed by atoms with Gasteiger partial charge in [0, 0.05) is 24.8 Å². The van der Waals surface area contributed by atoms with Gasteiger partial charge in [-0.15, -0.1) is 12.4 Å².